The summed E-state index contributed by atoms with van der Waals surface area (Å²) in [6, 6.07) is -1.07. The van der Waals surface area contributed by atoms with E-state index in [9.17, 15) is 23.7 Å². The van der Waals surface area contributed by atoms with Gasteiger partial charge < -0.3 is 25.0 Å². The number of nitrogens with two attached hydrogens (primary N) is 1. The van der Waals surface area contributed by atoms with Gasteiger partial charge in [0.05, 0.1) is 32.0 Å². The molecule has 7 rings (SSSR count). The summed E-state index contributed by atoms with van der Waals surface area (Å²) in [6.07, 6.45) is -2.73. The molecule has 0 aromatic carbocycles. The second-order valence-corrected chi connectivity index (χ2v) is 13.3. The summed E-state index contributed by atoms with van der Waals surface area (Å²) in [5.41, 5.74) is 6.53. The molecule has 0 aliphatic carbocycles. The van der Waals surface area contributed by atoms with Gasteiger partial charge in [-0.25, -0.2) is 24.1 Å². The highest BCUT2D eigenvalue weighted by Crippen LogP contribution is 2.54. The number of guanidine groups is 1. The van der Waals surface area contributed by atoms with Gasteiger partial charge in [0, 0.05) is 12.3 Å². The van der Waals surface area contributed by atoms with Crippen LogP contribution in [0.1, 0.15) is 19.6 Å². The van der Waals surface area contributed by atoms with Crippen molar-refractivity contribution >= 4 is 56.7 Å². The third-order valence-electron chi connectivity index (χ3n) is 7.64. The maximum absolute atomic E-state index is 13.2. The lowest BCUT2D eigenvalue weighted by Gasteiger charge is -2.31. The first-order valence-corrected chi connectivity index (χ1v) is 16.2. The smallest absolute Gasteiger partial charge is 0.382 e. The fraction of sp³-hybridized carbons (Fsp3) is 0.571. The molecule has 2 bridgehead atoms. The third-order valence-corrected chi connectivity index (χ3v) is 9.64. The molecule has 10 atom stereocenters. The normalized spacial score (nSPS) is 41.0. The molecule has 1 amide bonds. The van der Waals surface area contributed by atoms with Crippen LogP contribution in [0.2, 0.25) is 0 Å². The third kappa shape index (κ3) is 5.24. The molecule has 44 heavy (non-hydrogen) atoms. The molecule has 0 saturated carbocycles. The highest BCUT2D eigenvalue weighted by molar-refractivity contribution is 7.47. The number of phosphoric ester groups is 2. The predicted octanol–water partition coefficient (Wildman–Crippen LogP) is -0.749. The number of anilines is 1. The van der Waals surface area contributed by atoms with E-state index in [2.05, 4.69) is 30.3 Å². The molecule has 7 heterocycles. The fourth-order valence-electron chi connectivity index (χ4n) is 5.68. The minimum absolute atomic E-state index is 0.0335. The highest BCUT2D eigenvalue weighted by Gasteiger charge is 2.52. The van der Waals surface area contributed by atoms with Gasteiger partial charge in [-0.1, -0.05) is 6.92 Å². The van der Waals surface area contributed by atoms with E-state index in [1.165, 1.54) is 28.5 Å². The topological polar surface area (TPSA) is 281 Å². The number of nitrogens with zero attached hydrogens (tertiary/aromatic N) is 7. The number of hydrogen-bond acceptors (Lipinski definition) is 16. The Morgan fingerprint density at radius 2 is 1.84 bits per heavy atom. The van der Waals surface area contributed by atoms with Crippen molar-refractivity contribution in [2.45, 2.75) is 56.3 Å². The number of aromatic nitrogens is 4. The number of amidine groups is 1. The second kappa shape index (κ2) is 10.7. The largest absolute Gasteiger partial charge is 0.472 e. The Morgan fingerprint density at radius 3 is 2.66 bits per heavy atom. The number of ether oxygens (including phenoxy) is 2. The molecule has 21 nitrogen and oxygen atoms in total. The molecule has 2 aromatic heterocycles. The number of imidazole rings is 1. The predicted molar refractivity (Wildman–Crippen MR) is 145 cm³/mol. The van der Waals surface area contributed by atoms with E-state index in [-0.39, 0.29) is 18.1 Å². The van der Waals surface area contributed by atoms with Crippen molar-refractivity contribution in [3.8, 4) is 0 Å². The molecule has 3 fully saturated rings. The molecular weight excluding hydrogens is 630 g/mol. The molecule has 5 aliphatic heterocycles. The Hall–Kier alpha value is -3.23. The molecular formula is C21H26N10O11P2. The highest BCUT2D eigenvalue weighted by atomic mass is 31.2. The SMILES string of the molecule is C[C@@H]1[C@@H]2OP(=O)(O)OC[C@@H]3C[C@@H](OP(=O)(O)OC[C@H]2O[C@H]1n1cnc2c(N)ncnc21)[C@H](N1C=NC2C(=O)NC(=N)N=C21)O3. The number of carbonyl (C=O) groups is 1. The summed E-state index contributed by atoms with van der Waals surface area (Å²) >= 11 is 0. The van der Waals surface area contributed by atoms with Crippen LogP contribution < -0.4 is 11.1 Å². The maximum atomic E-state index is 13.2. The Morgan fingerprint density at radius 1 is 1.07 bits per heavy atom. The van der Waals surface area contributed by atoms with Gasteiger partial charge >= 0.3 is 15.6 Å². The lowest BCUT2D eigenvalue weighted by Crippen LogP contribution is -2.52. The van der Waals surface area contributed by atoms with Gasteiger partial charge in [-0.15, -0.1) is 0 Å². The first-order valence-electron chi connectivity index (χ1n) is 13.2. The molecule has 3 unspecified atom stereocenters. The molecule has 3 saturated heterocycles. The van der Waals surface area contributed by atoms with Gasteiger partial charge in [0.1, 0.15) is 36.4 Å². The maximum Gasteiger partial charge on any atom is 0.472 e. The number of hydrogen-bond donors (Lipinski definition) is 5. The van der Waals surface area contributed by atoms with Crippen molar-refractivity contribution < 1.29 is 51.3 Å². The summed E-state index contributed by atoms with van der Waals surface area (Å²) in [5, 5.41) is 10.0. The van der Waals surface area contributed by atoms with Crippen LogP contribution in [0.4, 0.5) is 5.82 Å². The van der Waals surface area contributed by atoms with Crippen molar-refractivity contribution in [2.75, 3.05) is 18.9 Å². The minimum atomic E-state index is -4.84. The van der Waals surface area contributed by atoms with Crippen LogP contribution in [0.15, 0.2) is 22.6 Å². The van der Waals surface area contributed by atoms with Gasteiger partial charge in [0.15, 0.2) is 29.6 Å². The summed E-state index contributed by atoms with van der Waals surface area (Å²) in [6.45, 7) is 0.603. The first kappa shape index (κ1) is 29.5. The number of fused-ring (bicyclic) bond motifs is 5. The Kier molecular flexibility index (Phi) is 7.16. The zero-order chi connectivity index (χ0) is 31.0. The van der Waals surface area contributed by atoms with Crippen molar-refractivity contribution in [1.82, 2.24) is 29.7 Å². The zero-order valence-electron chi connectivity index (χ0n) is 22.6. The van der Waals surface area contributed by atoms with E-state index in [1.54, 1.807) is 6.92 Å². The number of carbonyl (C=O) groups excluding carboxylic acids is 1. The van der Waals surface area contributed by atoms with Gasteiger partial charge in [-0.2, -0.15) is 4.99 Å². The quantitative estimate of drug-likeness (QED) is 0.249. The molecule has 0 radical (unpaired) electrons. The number of rotatable bonds is 2. The van der Waals surface area contributed by atoms with E-state index in [4.69, 9.17) is 38.7 Å². The van der Waals surface area contributed by atoms with Crippen molar-refractivity contribution in [1.29, 1.82) is 5.41 Å². The van der Waals surface area contributed by atoms with Crippen molar-refractivity contribution in [3.05, 3.63) is 12.7 Å². The molecule has 23 heteroatoms. The number of amides is 1. The Balaban J connectivity index is 1.15. The van der Waals surface area contributed by atoms with Crippen LogP contribution in [0.25, 0.3) is 11.2 Å². The fourth-order valence-corrected chi connectivity index (χ4v) is 7.66. The van der Waals surface area contributed by atoms with Crippen LogP contribution in [-0.2, 0) is 41.5 Å². The molecule has 2 aromatic rings. The summed E-state index contributed by atoms with van der Waals surface area (Å²) in [4.78, 5) is 55.4. The number of nitrogens with one attached hydrogen (secondary N) is 2. The number of nitrogen functional groups attached to an aromatic ring is 1. The molecule has 6 N–H and O–H groups in total. The van der Waals surface area contributed by atoms with Gasteiger partial charge in [0.25, 0.3) is 5.91 Å². The molecule has 0 spiro atoms. The zero-order valence-corrected chi connectivity index (χ0v) is 24.4. The standard InChI is InChI=1S/C21H26N10O11P2/c1-8-14-11(40-19(8)30-6-26-12-15(22)24-5-25-16(12)30)4-38-43(33,34)41-10-2-9(3-37-44(35,36)42-14)39-20(10)31-7-27-13-17(31)28-21(23)29-18(13)32/h5-11,13-14,19-20H,2-4H2,1H3,(H,33,34)(H,35,36)(H2,22,24,25)(H2,23,29,32)/t8-,9+,10-,11-,13?,14+,19-,20-/m1/s1. The van der Waals surface area contributed by atoms with Crippen LogP contribution >= 0.6 is 15.6 Å². The average Bonchev–Trinajstić information content (AvgIpc) is 3.72. The first-order chi connectivity index (χ1) is 20.9. The van der Waals surface area contributed by atoms with Gasteiger partial charge in [-0.3, -0.25) is 48.1 Å². The van der Waals surface area contributed by atoms with E-state index in [1.807, 2.05) is 0 Å². The van der Waals surface area contributed by atoms with E-state index in [0.717, 1.165) is 0 Å². The van der Waals surface area contributed by atoms with Crippen LogP contribution in [0.5, 0.6) is 0 Å². The van der Waals surface area contributed by atoms with Gasteiger partial charge in [0.2, 0.25) is 5.96 Å². The van der Waals surface area contributed by atoms with Crippen molar-refractivity contribution in [3.63, 3.8) is 0 Å². The van der Waals surface area contributed by atoms with Crippen LogP contribution in [-0.4, -0.2) is 108 Å². The van der Waals surface area contributed by atoms with Crippen molar-refractivity contribution in [2.24, 2.45) is 15.9 Å². The second-order valence-electron chi connectivity index (χ2n) is 10.5. The minimum Gasteiger partial charge on any atom is -0.382 e. The molecule has 5 aliphatic rings. The Labute approximate surface area is 247 Å². The van der Waals surface area contributed by atoms with Gasteiger partial charge in [-0.05, 0) is 0 Å². The number of phosphoric acid groups is 2. The monoisotopic (exact) mass is 656 g/mol. The Bertz CT molecular complexity index is 1690. The summed E-state index contributed by atoms with van der Waals surface area (Å²) < 4.78 is 61.6. The van der Waals surface area contributed by atoms with Crippen LogP contribution in [0, 0.1) is 11.3 Å². The number of aliphatic imine (C=N–C) groups is 2. The summed E-state index contributed by atoms with van der Waals surface area (Å²) in [7, 11) is -9.61. The van der Waals surface area contributed by atoms with Crippen LogP contribution in [0.3, 0.4) is 0 Å². The lowest BCUT2D eigenvalue weighted by atomic mass is 10.0. The summed E-state index contributed by atoms with van der Waals surface area (Å²) in [5.74, 6) is -1.51. The van der Waals surface area contributed by atoms with E-state index < -0.39 is 89.6 Å². The molecule has 236 valence electrons. The lowest BCUT2D eigenvalue weighted by molar-refractivity contribution is -0.119. The van der Waals surface area contributed by atoms with E-state index >= 15 is 0 Å². The van der Waals surface area contributed by atoms with E-state index in [0.29, 0.717) is 11.2 Å². The average molecular weight is 656 g/mol.